The van der Waals surface area contributed by atoms with Gasteiger partial charge in [-0.1, -0.05) is 6.92 Å². The van der Waals surface area contributed by atoms with Crippen molar-refractivity contribution in [1.29, 1.82) is 0 Å². The Bertz CT molecular complexity index is 883. The maximum atomic E-state index is 12.8. The average Bonchev–Trinajstić information content (AvgIpc) is 3.11. The molecule has 4 rings (SSSR count). The number of amides is 1. The molecular weight excluding hydrogens is 316 g/mol. The van der Waals surface area contributed by atoms with Crippen LogP contribution in [0, 0.1) is 0 Å². The second-order valence-corrected chi connectivity index (χ2v) is 6.16. The van der Waals surface area contributed by atoms with Crippen LogP contribution in [0.4, 0.5) is 0 Å². The summed E-state index contributed by atoms with van der Waals surface area (Å²) in [5.41, 5.74) is 2.91. The zero-order chi connectivity index (χ0) is 17.2. The van der Waals surface area contributed by atoms with Crippen LogP contribution in [0.15, 0.2) is 47.1 Å². The molecule has 3 aromatic rings. The Morgan fingerprint density at radius 1 is 1.12 bits per heavy atom. The standard InChI is InChI=1S/C19H20N4O2/c1-2-22-9-11-23(12-10-22)19(24)15-3-4-17-16(13-15)21-18(25-17)14-5-7-20-8-6-14/h3-8,13H,2,9-12H2,1H3. The molecule has 0 bridgehead atoms. The van der Waals surface area contributed by atoms with E-state index >= 15 is 0 Å². The number of carbonyl (C=O) groups is 1. The van der Waals surface area contributed by atoms with Crippen molar-refractivity contribution in [1.82, 2.24) is 19.8 Å². The summed E-state index contributed by atoms with van der Waals surface area (Å²) in [5, 5.41) is 0. The minimum Gasteiger partial charge on any atom is -0.436 e. The molecule has 1 aliphatic heterocycles. The fourth-order valence-electron chi connectivity index (χ4n) is 3.13. The first-order chi connectivity index (χ1) is 12.2. The van der Waals surface area contributed by atoms with Crippen LogP contribution in [-0.4, -0.2) is 58.4 Å². The molecule has 0 radical (unpaired) electrons. The van der Waals surface area contributed by atoms with E-state index in [1.165, 1.54) is 0 Å². The van der Waals surface area contributed by atoms with E-state index in [-0.39, 0.29) is 5.91 Å². The number of aromatic nitrogens is 2. The van der Waals surface area contributed by atoms with E-state index in [9.17, 15) is 4.79 Å². The molecule has 0 N–H and O–H groups in total. The van der Waals surface area contributed by atoms with Crippen LogP contribution >= 0.6 is 0 Å². The van der Waals surface area contributed by atoms with E-state index in [4.69, 9.17) is 4.42 Å². The number of carbonyl (C=O) groups excluding carboxylic acids is 1. The number of oxazole rings is 1. The quantitative estimate of drug-likeness (QED) is 0.736. The molecule has 25 heavy (non-hydrogen) atoms. The van der Waals surface area contributed by atoms with Gasteiger partial charge in [-0.25, -0.2) is 4.98 Å². The van der Waals surface area contributed by atoms with Crippen molar-refractivity contribution in [2.75, 3.05) is 32.7 Å². The molecule has 128 valence electrons. The van der Waals surface area contributed by atoms with Gasteiger partial charge in [-0.15, -0.1) is 0 Å². The molecule has 6 nitrogen and oxygen atoms in total. The van der Waals surface area contributed by atoms with Crippen LogP contribution in [0.3, 0.4) is 0 Å². The molecule has 1 fully saturated rings. The lowest BCUT2D eigenvalue weighted by molar-refractivity contribution is 0.0643. The van der Waals surface area contributed by atoms with Gasteiger partial charge in [0.15, 0.2) is 5.58 Å². The molecule has 1 aliphatic rings. The third-order valence-electron chi connectivity index (χ3n) is 4.67. The van der Waals surface area contributed by atoms with Gasteiger partial charge < -0.3 is 14.2 Å². The van der Waals surface area contributed by atoms with Gasteiger partial charge in [0.05, 0.1) is 0 Å². The zero-order valence-electron chi connectivity index (χ0n) is 14.2. The van der Waals surface area contributed by atoms with E-state index in [1.54, 1.807) is 12.4 Å². The number of hydrogen-bond acceptors (Lipinski definition) is 5. The highest BCUT2D eigenvalue weighted by molar-refractivity contribution is 5.97. The summed E-state index contributed by atoms with van der Waals surface area (Å²) in [6.45, 7) is 6.58. The molecule has 1 aromatic carbocycles. The molecule has 0 atom stereocenters. The lowest BCUT2D eigenvalue weighted by Crippen LogP contribution is -2.48. The number of rotatable bonds is 3. The van der Waals surface area contributed by atoms with E-state index in [1.807, 2.05) is 35.2 Å². The van der Waals surface area contributed by atoms with Crippen molar-refractivity contribution in [3.05, 3.63) is 48.3 Å². The van der Waals surface area contributed by atoms with Gasteiger partial charge in [-0.05, 0) is 36.9 Å². The summed E-state index contributed by atoms with van der Waals surface area (Å²) in [5.74, 6) is 0.602. The van der Waals surface area contributed by atoms with Crippen molar-refractivity contribution in [3.8, 4) is 11.5 Å². The number of likely N-dealkylation sites (N-methyl/N-ethyl adjacent to an activating group) is 1. The summed E-state index contributed by atoms with van der Waals surface area (Å²) in [7, 11) is 0. The van der Waals surface area contributed by atoms with Crippen molar-refractivity contribution in [2.45, 2.75) is 6.92 Å². The Labute approximate surface area is 146 Å². The maximum absolute atomic E-state index is 12.8. The fraction of sp³-hybridized carbons (Fsp3) is 0.316. The number of nitrogens with zero attached hydrogens (tertiary/aromatic N) is 4. The van der Waals surface area contributed by atoms with Crippen LogP contribution < -0.4 is 0 Å². The first-order valence-corrected chi connectivity index (χ1v) is 8.57. The molecule has 6 heteroatoms. The van der Waals surface area contributed by atoms with E-state index < -0.39 is 0 Å². The van der Waals surface area contributed by atoms with Crippen LogP contribution in [-0.2, 0) is 0 Å². The average molecular weight is 336 g/mol. The SMILES string of the molecule is CCN1CCN(C(=O)c2ccc3oc(-c4ccncc4)nc3c2)CC1. The first-order valence-electron chi connectivity index (χ1n) is 8.57. The topological polar surface area (TPSA) is 62.5 Å². The minimum absolute atomic E-state index is 0.0612. The zero-order valence-corrected chi connectivity index (χ0v) is 14.2. The molecule has 3 heterocycles. The Hall–Kier alpha value is -2.73. The highest BCUT2D eigenvalue weighted by Gasteiger charge is 2.22. The van der Waals surface area contributed by atoms with Gasteiger partial charge >= 0.3 is 0 Å². The van der Waals surface area contributed by atoms with Crippen molar-refractivity contribution >= 4 is 17.0 Å². The third-order valence-corrected chi connectivity index (χ3v) is 4.67. The lowest BCUT2D eigenvalue weighted by atomic mass is 10.1. The summed E-state index contributed by atoms with van der Waals surface area (Å²) in [6, 6.07) is 9.16. The highest BCUT2D eigenvalue weighted by Crippen LogP contribution is 2.25. The Morgan fingerprint density at radius 2 is 1.88 bits per heavy atom. The summed E-state index contributed by atoms with van der Waals surface area (Å²) in [6.07, 6.45) is 3.41. The van der Waals surface area contributed by atoms with E-state index in [0.29, 0.717) is 22.6 Å². The predicted octanol–water partition coefficient (Wildman–Crippen LogP) is 2.67. The first kappa shape index (κ1) is 15.8. The normalized spacial score (nSPS) is 15.6. The lowest BCUT2D eigenvalue weighted by Gasteiger charge is -2.34. The van der Waals surface area contributed by atoms with Gasteiger partial charge in [0.2, 0.25) is 5.89 Å². The smallest absolute Gasteiger partial charge is 0.254 e. The summed E-state index contributed by atoms with van der Waals surface area (Å²) in [4.78, 5) is 25.5. The molecular formula is C19H20N4O2. The molecule has 0 aliphatic carbocycles. The van der Waals surface area contributed by atoms with E-state index in [0.717, 1.165) is 38.3 Å². The number of pyridine rings is 1. The van der Waals surface area contributed by atoms with Crippen molar-refractivity contribution in [3.63, 3.8) is 0 Å². The monoisotopic (exact) mass is 336 g/mol. The largest absolute Gasteiger partial charge is 0.436 e. The van der Waals surface area contributed by atoms with Gasteiger partial charge in [0.1, 0.15) is 5.52 Å². The minimum atomic E-state index is 0.0612. The molecule has 0 spiro atoms. The van der Waals surface area contributed by atoms with E-state index in [2.05, 4.69) is 21.8 Å². The molecule has 0 unspecified atom stereocenters. The highest BCUT2D eigenvalue weighted by atomic mass is 16.3. The second kappa shape index (κ2) is 6.64. The Morgan fingerprint density at radius 3 is 2.60 bits per heavy atom. The third kappa shape index (κ3) is 3.13. The van der Waals surface area contributed by atoms with Gasteiger partial charge in [-0.3, -0.25) is 9.78 Å². The number of benzene rings is 1. The maximum Gasteiger partial charge on any atom is 0.254 e. The second-order valence-electron chi connectivity index (χ2n) is 6.16. The molecule has 1 amide bonds. The van der Waals surface area contributed by atoms with Gasteiger partial charge in [-0.2, -0.15) is 0 Å². The van der Waals surface area contributed by atoms with Gasteiger partial charge in [0.25, 0.3) is 5.91 Å². The van der Waals surface area contributed by atoms with Crippen LogP contribution in [0.25, 0.3) is 22.6 Å². The number of hydrogen-bond donors (Lipinski definition) is 0. The summed E-state index contributed by atoms with van der Waals surface area (Å²) >= 11 is 0. The van der Waals surface area contributed by atoms with Crippen molar-refractivity contribution in [2.24, 2.45) is 0 Å². The van der Waals surface area contributed by atoms with Crippen LogP contribution in [0.5, 0.6) is 0 Å². The molecule has 0 saturated carbocycles. The molecule has 2 aromatic heterocycles. The summed E-state index contributed by atoms with van der Waals surface area (Å²) < 4.78 is 5.79. The predicted molar refractivity (Wildman–Crippen MR) is 95.3 cm³/mol. The Balaban J connectivity index is 1.58. The van der Waals surface area contributed by atoms with Crippen molar-refractivity contribution < 1.29 is 9.21 Å². The van der Waals surface area contributed by atoms with Gasteiger partial charge in [0, 0.05) is 49.7 Å². The number of fused-ring (bicyclic) bond motifs is 1. The number of piperazine rings is 1. The molecule has 1 saturated heterocycles. The Kier molecular flexibility index (Phi) is 4.19. The van der Waals surface area contributed by atoms with Crippen LogP contribution in [0.2, 0.25) is 0 Å². The van der Waals surface area contributed by atoms with Crippen LogP contribution in [0.1, 0.15) is 17.3 Å². The fourth-order valence-corrected chi connectivity index (χ4v) is 3.13.